The average molecular weight is 460 g/mol. The van der Waals surface area contributed by atoms with Gasteiger partial charge in [0.15, 0.2) is 0 Å². The first-order valence-electron chi connectivity index (χ1n) is 11.5. The Morgan fingerprint density at radius 2 is 1.41 bits per heavy atom. The number of amides is 3. The van der Waals surface area contributed by atoms with Crippen molar-refractivity contribution >= 4 is 23.3 Å². The summed E-state index contributed by atoms with van der Waals surface area (Å²) in [4.78, 5) is 26.9. The molecule has 3 rings (SSSR count). The first-order valence-corrected chi connectivity index (χ1v) is 11.5. The van der Waals surface area contributed by atoms with Crippen molar-refractivity contribution in [2.24, 2.45) is 5.41 Å². The molecule has 6 nitrogen and oxygen atoms in total. The van der Waals surface area contributed by atoms with Gasteiger partial charge in [0.05, 0.1) is 0 Å². The molecule has 0 atom stereocenters. The third kappa shape index (κ3) is 8.28. The van der Waals surface area contributed by atoms with Crippen LogP contribution in [-0.4, -0.2) is 25.0 Å². The first kappa shape index (κ1) is 24.8. The van der Waals surface area contributed by atoms with Crippen LogP contribution in [0.1, 0.15) is 33.6 Å². The number of hydrogen-bond acceptors (Lipinski definition) is 3. The van der Waals surface area contributed by atoms with Crippen LogP contribution in [0.5, 0.6) is 11.5 Å². The van der Waals surface area contributed by atoms with E-state index in [-0.39, 0.29) is 17.4 Å². The van der Waals surface area contributed by atoms with Gasteiger partial charge in [-0.1, -0.05) is 57.2 Å². The summed E-state index contributed by atoms with van der Waals surface area (Å²) in [5.41, 5.74) is 1.41. The standard InChI is InChI=1S/C28H33N3O3/c1-28(2,3)21-26(32)29-19-10-20-31(27(33)30-22-11-6-4-7-12-22)23-15-17-25(18-16-23)34-24-13-8-5-9-14-24/h4-9,11-18H,10,19-21H2,1-3H3,(H,29,32)(H,30,33). The normalized spacial score (nSPS) is 10.9. The number of nitrogens with zero attached hydrogens (tertiary/aromatic N) is 1. The molecule has 0 aliphatic rings. The van der Waals surface area contributed by atoms with Crippen molar-refractivity contribution in [3.63, 3.8) is 0 Å². The molecule has 0 heterocycles. The monoisotopic (exact) mass is 459 g/mol. The van der Waals surface area contributed by atoms with Crippen LogP contribution in [-0.2, 0) is 4.79 Å². The second-order valence-corrected chi connectivity index (χ2v) is 9.30. The Kier molecular flexibility index (Phi) is 8.68. The predicted octanol–water partition coefficient (Wildman–Crippen LogP) is 6.46. The minimum atomic E-state index is -0.232. The number of nitrogens with one attached hydrogen (secondary N) is 2. The molecule has 0 fully saturated rings. The van der Waals surface area contributed by atoms with Gasteiger partial charge in [0.2, 0.25) is 5.91 Å². The molecule has 3 aromatic rings. The fraction of sp³-hybridized carbons (Fsp3) is 0.286. The van der Waals surface area contributed by atoms with Crippen LogP contribution in [0, 0.1) is 5.41 Å². The summed E-state index contributed by atoms with van der Waals surface area (Å²) in [7, 11) is 0. The molecule has 2 N–H and O–H groups in total. The van der Waals surface area contributed by atoms with Gasteiger partial charge in [0, 0.05) is 30.9 Å². The zero-order valence-electron chi connectivity index (χ0n) is 20.1. The molecule has 6 heteroatoms. The van der Waals surface area contributed by atoms with Crippen molar-refractivity contribution in [1.82, 2.24) is 5.32 Å². The van der Waals surface area contributed by atoms with E-state index in [4.69, 9.17) is 4.74 Å². The van der Waals surface area contributed by atoms with Crippen LogP contribution in [0.25, 0.3) is 0 Å². The van der Waals surface area contributed by atoms with Gasteiger partial charge in [-0.15, -0.1) is 0 Å². The summed E-state index contributed by atoms with van der Waals surface area (Å²) in [6.45, 7) is 7.06. The largest absolute Gasteiger partial charge is 0.457 e. The van der Waals surface area contributed by atoms with E-state index in [1.807, 2.05) is 106 Å². The number of ether oxygens (including phenoxy) is 1. The van der Waals surface area contributed by atoms with Crippen molar-refractivity contribution in [2.45, 2.75) is 33.6 Å². The summed E-state index contributed by atoms with van der Waals surface area (Å²) in [6, 6.07) is 26.1. The first-order chi connectivity index (χ1) is 16.3. The quantitative estimate of drug-likeness (QED) is 0.361. The maximum Gasteiger partial charge on any atom is 0.326 e. The molecule has 3 amide bonds. The maximum atomic E-state index is 13.1. The molecule has 0 bridgehead atoms. The smallest absolute Gasteiger partial charge is 0.326 e. The summed E-state index contributed by atoms with van der Waals surface area (Å²) in [5, 5.41) is 5.90. The van der Waals surface area contributed by atoms with Gasteiger partial charge in [-0.3, -0.25) is 9.69 Å². The molecular weight excluding hydrogens is 426 g/mol. The highest BCUT2D eigenvalue weighted by molar-refractivity contribution is 6.01. The number of benzene rings is 3. The Morgan fingerprint density at radius 1 is 0.824 bits per heavy atom. The van der Waals surface area contributed by atoms with E-state index < -0.39 is 0 Å². The second kappa shape index (κ2) is 11.9. The van der Waals surface area contributed by atoms with E-state index in [1.165, 1.54) is 0 Å². The molecule has 178 valence electrons. The summed E-state index contributed by atoms with van der Waals surface area (Å²) in [6.07, 6.45) is 1.09. The minimum Gasteiger partial charge on any atom is -0.457 e. The zero-order chi connectivity index (χ0) is 24.4. The average Bonchev–Trinajstić information content (AvgIpc) is 2.80. The Morgan fingerprint density at radius 3 is 2.03 bits per heavy atom. The number of anilines is 2. The molecule has 0 aliphatic carbocycles. The Hall–Kier alpha value is -3.80. The van der Waals surface area contributed by atoms with Gasteiger partial charge in [0.25, 0.3) is 0 Å². The SMILES string of the molecule is CC(C)(C)CC(=O)NCCCN(C(=O)Nc1ccccc1)c1ccc(Oc2ccccc2)cc1. The van der Waals surface area contributed by atoms with Crippen LogP contribution < -0.4 is 20.3 Å². The third-order valence-corrected chi connectivity index (χ3v) is 4.97. The second-order valence-electron chi connectivity index (χ2n) is 9.30. The lowest BCUT2D eigenvalue weighted by Crippen LogP contribution is -2.37. The summed E-state index contributed by atoms with van der Waals surface area (Å²) >= 11 is 0. The molecule has 0 saturated heterocycles. The number of rotatable bonds is 9. The van der Waals surface area contributed by atoms with E-state index in [1.54, 1.807) is 4.90 Å². The topological polar surface area (TPSA) is 70.7 Å². The molecule has 34 heavy (non-hydrogen) atoms. The summed E-state index contributed by atoms with van der Waals surface area (Å²) < 4.78 is 5.87. The molecular formula is C28H33N3O3. The van der Waals surface area contributed by atoms with E-state index in [0.717, 1.165) is 17.1 Å². The van der Waals surface area contributed by atoms with Crippen molar-refractivity contribution in [2.75, 3.05) is 23.3 Å². The van der Waals surface area contributed by atoms with Crippen molar-refractivity contribution in [3.05, 3.63) is 84.9 Å². The van der Waals surface area contributed by atoms with Crippen LogP contribution in [0.4, 0.5) is 16.2 Å². The number of carbonyl (C=O) groups excluding carboxylic acids is 2. The van der Waals surface area contributed by atoms with Gasteiger partial charge >= 0.3 is 6.03 Å². The Labute approximate surface area is 201 Å². The fourth-order valence-corrected chi connectivity index (χ4v) is 3.39. The minimum absolute atomic E-state index is 0.0233. The molecule has 0 aliphatic heterocycles. The molecule has 3 aromatic carbocycles. The lowest BCUT2D eigenvalue weighted by atomic mass is 9.92. The predicted molar refractivity (Wildman–Crippen MR) is 137 cm³/mol. The van der Waals surface area contributed by atoms with E-state index >= 15 is 0 Å². The van der Waals surface area contributed by atoms with Crippen LogP contribution in [0.3, 0.4) is 0 Å². The van der Waals surface area contributed by atoms with Crippen LogP contribution >= 0.6 is 0 Å². The third-order valence-electron chi connectivity index (χ3n) is 4.97. The van der Waals surface area contributed by atoms with E-state index in [0.29, 0.717) is 31.7 Å². The Bertz CT molecular complexity index is 1050. The number of para-hydroxylation sites is 2. The van der Waals surface area contributed by atoms with Gasteiger partial charge in [0.1, 0.15) is 11.5 Å². The van der Waals surface area contributed by atoms with Crippen molar-refractivity contribution in [3.8, 4) is 11.5 Å². The number of hydrogen-bond donors (Lipinski definition) is 2. The zero-order valence-corrected chi connectivity index (χ0v) is 20.1. The maximum absolute atomic E-state index is 13.1. The molecule has 0 saturated carbocycles. The summed E-state index contributed by atoms with van der Waals surface area (Å²) in [5.74, 6) is 1.46. The van der Waals surface area contributed by atoms with Gasteiger partial charge in [-0.25, -0.2) is 4.79 Å². The fourth-order valence-electron chi connectivity index (χ4n) is 3.39. The van der Waals surface area contributed by atoms with Gasteiger partial charge in [-0.05, 0) is 60.4 Å². The highest BCUT2D eigenvalue weighted by Crippen LogP contribution is 2.25. The van der Waals surface area contributed by atoms with Gasteiger partial charge in [-0.2, -0.15) is 0 Å². The molecule has 0 unspecified atom stereocenters. The molecule has 0 radical (unpaired) electrons. The highest BCUT2D eigenvalue weighted by Gasteiger charge is 2.18. The number of urea groups is 1. The lowest BCUT2D eigenvalue weighted by Gasteiger charge is -2.24. The van der Waals surface area contributed by atoms with Crippen LogP contribution in [0.2, 0.25) is 0 Å². The number of carbonyl (C=O) groups is 2. The van der Waals surface area contributed by atoms with Crippen molar-refractivity contribution < 1.29 is 14.3 Å². The van der Waals surface area contributed by atoms with Crippen molar-refractivity contribution in [1.29, 1.82) is 0 Å². The van der Waals surface area contributed by atoms with Gasteiger partial charge < -0.3 is 15.4 Å². The van der Waals surface area contributed by atoms with Crippen LogP contribution in [0.15, 0.2) is 84.9 Å². The molecule has 0 spiro atoms. The highest BCUT2D eigenvalue weighted by atomic mass is 16.5. The Balaban J connectivity index is 1.65. The molecule has 0 aromatic heterocycles. The van der Waals surface area contributed by atoms with E-state index in [2.05, 4.69) is 10.6 Å². The van der Waals surface area contributed by atoms with E-state index in [9.17, 15) is 9.59 Å². The lowest BCUT2D eigenvalue weighted by molar-refractivity contribution is -0.122.